The molecule has 1 amide bonds. The summed E-state index contributed by atoms with van der Waals surface area (Å²) in [6.45, 7) is 1.40. The lowest BCUT2D eigenvalue weighted by atomic mass is 10.2. The SMILES string of the molecule is CCCS(=O)(=O)NCC(=O)Nc1cc(OC)c(OC)c(OC)c1. The van der Waals surface area contributed by atoms with Crippen LogP contribution in [0.2, 0.25) is 0 Å². The summed E-state index contributed by atoms with van der Waals surface area (Å²) in [7, 11) is 0.958. The van der Waals surface area contributed by atoms with Gasteiger partial charge in [-0.15, -0.1) is 0 Å². The maximum Gasteiger partial charge on any atom is 0.239 e. The van der Waals surface area contributed by atoms with Crippen LogP contribution < -0.4 is 24.2 Å². The first-order valence-electron chi connectivity index (χ1n) is 6.94. The van der Waals surface area contributed by atoms with Crippen LogP contribution in [0.25, 0.3) is 0 Å². The molecule has 23 heavy (non-hydrogen) atoms. The minimum absolute atomic E-state index is 0.0234. The van der Waals surface area contributed by atoms with Crippen LogP contribution in [0, 0.1) is 0 Å². The highest BCUT2D eigenvalue weighted by Crippen LogP contribution is 2.39. The van der Waals surface area contributed by atoms with E-state index in [4.69, 9.17) is 14.2 Å². The van der Waals surface area contributed by atoms with E-state index in [9.17, 15) is 13.2 Å². The number of hydrogen-bond acceptors (Lipinski definition) is 6. The monoisotopic (exact) mass is 346 g/mol. The van der Waals surface area contributed by atoms with Gasteiger partial charge in [-0.1, -0.05) is 6.92 Å². The topological polar surface area (TPSA) is 103 Å². The molecule has 0 bridgehead atoms. The van der Waals surface area contributed by atoms with E-state index in [0.717, 1.165) is 0 Å². The molecule has 130 valence electrons. The van der Waals surface area contributed by atoms with Gasteiger partial charge in [0.1, 0.15) is 0 Å². The Kier molecular flexibility index (Phi) is 7.11. The average Bonchev–Trinajstić information content (AvgIpc) is 2.52. The number of methoxy groups -OCH3 is 3. The zero-order chi connectivity index (χ0) is 17.5. The molecule has 0 fully saturated rings. The van der Waals surface area contributed by atoms with Crippen molar-refractivity contribution in [3.63, 3.8) is 0 Å². The summed E-state index contributed by atoms with van der Waals surface area (Å²) >= 11 is 0. The highest BCUT2D eigenvalue weighted by atomic mass is 32.2. The van der Waals surface area contributed by atoms with Crippen molar-refractivity contribution >= 4 is 21.6 Å². The molecule has 0 unspecified atom stereocenters. The zero-order valence-corrected chi connectivity index (χ0v) is 14.5. The van der Waals surface area contributed by atoms with E-state index < -0.39 is 15.9 Å². The highest BCUT2D eigenvalue weighted by molar-refractivity contribution is 7.89. The van der Waals surface area contributed by atoms with Gasteiger partial charge in [0.15, 0.2) is 11.5 Å². The molecule has 0 aliphatic rings. The van der Waals surface area contributed by atoms with Crippen LogP contribution in [0.15, 0.2) is 12.1 Å². The van der Waals surface area contributed by atoms with E-state index in [2.05, 4.69) is 10.0 Å². The normalized spacial score (nSPS) is 11.0. The number of benzene rings is 1. The van der Waals surface area contributed by atoms with E-state index in [1.165, 1.54) is 21.3 Å². The molecule has 0 radical (unpaired) electrons. The summed E-state index contributed by atoms with van der Waals surface area (Å²) in [5.74, 6) is 0.641. The number of carbonyl (C=O) groups is 1. The predicted octanol–water partition coefficient (Wildman–Crippen LogP) is 0.980. The van der Waals surface area contributed by atoms with Crippen LogP contribution in [-0.4, -0.2) is 48.0 Å². The van der Waals surface area contributed by atoms with Crippen LogP contribution in [0.1, 0.15) is 13.3 Å². The number of nitrogens with one attached hydrogen (secondary N) is 2. The molecule has 9 heteroatoms. The fourth-order valence-electron chi connectivity index (χ4n) is 1.87. The van der Waals surface area contributed by atoms with Gasteiger partial charge in [0.25, 0.3) is 0 Å². The molecular weight excluding hydrogens is 324 g/mol. The van der Waals surface area contributed by atoms with Crippen molar-refractivity contribution in [2.75, 3.05) is 38.9 Å². The largest absolute Gasteiger partial charge is 0.493 e. The molecule has 2 N–H and O–H groups in total. The fraction of sp³-hybridized carbons (Fsp3) is 0.500. The van der Waals surface area contributed by atoms with Gasteiger partial charge in [-0.3, -0.25) is 4.79 Å². The smallest absolute Gasteiger partial charge is 0.239 e. The zero-order valence-electron chi connectivity index (χ0n) is 13.6. The fourth-order valence-corrected chi connectivity index (χ4v) is 2.91. The summed E-state index contributed by atoms with van der Waals surface area (Å²) in [5, 5.41) is 2.58. The third-order valence-electron chi connectivity index (χ3n) is 2.87. The second-order valence-corrected chi connectivity index (χ2v) is 6.53. The molecule has 0 spiro atoms. The van der Waals surface area contributed by atoms with Crippen molar-refractivity contribution in [1.29, 1.82) is 0 Å². The summed E-state index contributed by atoms with van der Waals surface area (Å²) in [4.78, 5) is 11.9. The maximum atomic E-state index is 11.9. The Morgan fingerprint density at radius 2 is 1.65 bits per heavy atom. The van der Waals surface area contributed by atoms with Gasteiger partial charge in [-0.05, 0) is 6.42 Å². The van der Waals surface area contributed by atoms with Crippen LogP contribution in [-0.2, 0) is 14.8 Å². The third kappa shape index (κ3) is 5.61. The number of amides is 1. The lowest BCUT2D eigenvalue weighted by Gasteiger charge is -2.14. The molecule has 1 aromatic carbocycles. The molecule has 0 saturated heterocycles. The van der Waals surface area contributed by atoms with Crippen LogP contribution in [0.4, 0.5) is 5.69 Å². The van der Waals surface area contributed by atoms with Crippen molar-refractivity contribution in [2.24, 2.45) is 0 Å². The molecule has 0 atom stereocenters. The number of sulfonamides is 1. The maximum absolute atomic E-state index is 11.9. The Morgan fingerprint density at radius 1 is 1.09 bits per heavy atom. The number of rotatable bonds is 9. The Balaban J connectivity index is 2.82. The van der Waals surface area contributed by atoms with Gasteiger partial charge in [0, 0.05) is 17.8 Å². The summed E-state index contributed by atoms with van der Waals surface area (Å²) in [6.07, 6.45) is 0.476. The van der Waals surface area contributed by atoms with Crippen molar-refractivity contribution in [3.05, 3.63) is 12.1 Å². The Labute approximate surface area is 136 Å². The van der Waals surface area contributed by atoms with E-state index >= 15 is 0 Å². The summed E-state index contributed by atoms with van der Waals surface area (Å²) < 4.78 is 40.8. The average molecular weight is 346 g/mol. The predicted molar refractivity (Wildman–Crippen MR) is 86.8 cm³/mol. The summed E-state index contributed by atoms with van der Waals surface area (Å²) in [5.41, 5.74) is 0.402. The lowest BCUT2D eigenvalue weighted by Crippen LogP contribution is -2.34. The summed E-state index contributed by atoms with van der Waals surface area (Å²) in [6, 6.07) is 3.11. The molecule has 0 aromatic heterocycles. The number of carbonyl (C=O) groups excluding carboxylic acids is 1. The van der Waals surface area contributed by atoms with Gasteiger partial charge in [-0.25, -0.2) is 13.1 Å². The Morgan fingerprint density at radius 3 is 2.09 bits per heavy atom. The van der Waals surface area contributed by atoms with E-state index in [1.807, 2.05) is 0 Å². The minimum atomic E-state index is -3.44. The molecule has 0 saturated carbocycles. The van der Waals surface area contributed by atoms with Crippen LogP contribution >= 0.6 is 0 Å². The molecular formula is C14H22N2O6S. The number of ether oxygens (including phenoxy) is 3. The van der Waals surface area contributed by atoms with Crippen LogP contribution in [0.5, 0.6) is 17.2 Å². The van der Waals surface area contributed by atoms with Gasteiger partial charge in [0.2, 0.25) is 21.7 Å². The Hall–Kier alpha value is -2.00. The van der Waals surface area contributed by atoms with Gasteiger partial charge in [-0.2, -0.15) is 0 Å². The molecule has 8 nitrogen and oxygen atoms in total. The standard InChI is InChI=1S/C14H22N2O6S/c1-5-6-23(18,19)15-9-13(17)16-10-7-11(20-2)14(22-4)12(8-10)21-3/h7-8,15H,5-6,9H2,1-4H3,(H,16,17). The van der Waals surface area contributed by atoms with Crippen molar-refractivity contribution in [1.82, 2.24) is 4.72 Å². The Bertz CT molecular complexity index is 620. The van der Waals surface area contributed by atoms with Crippen molar-refractivity contribution in [3.8, 4) is 17.2 Å². The minimum Gasteiger partial charge on any atom is -0.493 e. The molecule has 1 rings (SSSR count). The molecule has 0 aliphatic heterocycles. The molecule has 0 heterocycles. The van der Waals surface area contributed by atoms with E-state index in [0.29, 0.717) is 29.4 Å². The van der Waals surface area contributed by atoms with Crippen LogP contribution in [0.3, 0.4) is 0 Å². The van der Waals surface area contributed by atoms with Crippen molar-refractivity contribution in [2.45, 2.75) is 13.3 Å². The molecule has 1 aromatic rings. The third-order valence-corrected chi connectivity index (χ3v) is 4.40. The van der Waals surface area contributed by atoms with Gasteiger partial charge < -0.3 is 19.5 Å². The van der Waals surface area contributed by atoms with E-state index in [-0.39, 0.29) is 12.3 Å². The second-order valence-electron chi connectivity index (χ2n) is 4.60. The quantitative estimate of drug-likeness (QED) is 0.691. The second kappa shape index (κ2) is 8.59. The highest BCUT2D eigenvalue weighted by Gasteiger charge is 2.15. The van der Waals surface area contributed by atoms with Gasteiger partial charge in [0.05, 0.1) is 33.6 Å². The number of hydrogen-bond donors (Lipinski definition) is 2. The first-order chi connectivity index (χ1) is 10.9. The lowest BCUT2D eigenvalue weighted by molar-refractivity contribution is -0.115. The first kappa shape index (κ1) is 19.0. The van der Waals surface area contributed by atoms with E-state index in [1.54, 1.807) is 19.1 Å². The molecule has 0 aliphatic carbocycles. The first-order valence-corrected chi connectivity index (χ1v) is 8.59. The number of anilines is 1. The van der Waals surface area contributed by atoms with Crippen molar-refractivity contribution < 1.29 is 27.4 Å². The van der Waals surface area contributed by atoms with Gasteiger partial charge >= 0.3 is 0 Å².